The summed E-state index contributed by atoms with van der Waals surface area (Å²) in [7, 11) is 0. The molecule has 0 aliphatic carbocycles. The number of para-hydroxylation sites is 1. The highest BCUT2D eigenvalue weighted by molar-refractivity contribution is 5.26. The topological polar surface area (TPSA) is 51.6 Å². The predicted octanol–water partition coefficient (Wildman–Crippen LogP) is 2.59. The molecular formula is C15H17NO3. The normalized spacial score (nSPS) is 11.9. The molecule has 0 amide bonds. The molecule has 0 spiro atoms. The van der Waals surface area contributed by atoms with Crippen LogP contribution in [0.15, 0.2) is 48.8 Å². The number of nitrogens with zero attached hydrogens (tertiary/aromatic N) is 1. The Morgan fingerprint density at radius 3 is 2.63 bits per heavy atom. The molecule has 1 unspecified atom stereocenters. The van der Waals surface area contributed by atoms with Gasteiger partial charge >= 0.3 is 0 Å². The molecule has 1 atom stereocenters. The summed E-state index contributed by atoms with van der Waals surface area (Å²) in [5.74, 6) is 1.38. The first-order valence-electron chi connectivity index (χ1n) is 6.23. The fourth-order valence-corrected chi connectivity index (χ4v) is 1.65. The molecule has 100 valence electrons. The largest absolute Gasteiger partial charge is 0.492 e. The lowest BCUT2D eigenvalue weighted by molar-refractivity contribution is 0.107. The van der Waals surface area contributed by atoms with E-state index in [1.807, 2.05) is 37.3 Å². The lowest BCUT2D eigenvalue weighted by Gasteiger charge is -2.13. The number of benzene rings is 1. The molecule has 2 aromatic rings. The van der Waals surface area contributed by atoms with Crippen molar-refractivity contribution in [1.29, 1.82) is 0 Å². The van der Waals surface area contributed by atoms with Gasteiger partial charge < -0.3 is 14.6 Å². The van der Waals surface area contributed by atoms with Crippen LogP contribution in [0.25, 0.3) is 0 Å². The van der Waals surface area contributed by atoms with Crippen molar-refractivity contribution in [2.45, 2.75) is 13.0 Å². The number of aliphatic hydroxyl groups excluding tert-OH is 1. The molecule has 0 radical (unpaired) electrons. The molecule has 1 aromatic carbocycles. The molecule has 1 heterocycles. The van der Waals surface area contributed by atoms with Gasteiger partial charge in [-0.3, -0.25) is 4.98 Å². The molecule has 0 bridgehead atoms. The van der Waals surface area contributed by atoms with E-state index in [2.05, 4.69) is 4.98 Å². The predicted molar refractivity (Wildman–Crippen MR) is 72.3 cm³/mol. The Balaban J connectivity index is 1.95. The zero-order valence-corrected chi connectivity index (χ0v) is 10.8. The minimum atomic E-state index is -0.729. The van der Waals surface area contributed by atoms with Crippen LogP contribution in [-0.4, -0.2) is 23.3 Å². The van der Waals surface area contributed by atoms with Crippen molar-refractivity contribution in [3.63, 3.8) is 0 Å². The van der Waals surface area contributed by atoms with Crippen LogP contribution in [0.2, 0.25) is 0 Å². The Bertz CT molecular complexity index is 502. The molecule has 19 heavy (non-hydrogen) atoms. The van der Waals surface area contributed by atoms with Crippen molar-refractivity contribution in [3.05, 3.63) is 54.4 Å². The molecule has 0 saturated carbocycles. The van der Waals surface area contributed by atoms with Gasteiger partial charge in [0.2, 0.25) is 0 Å². The standard InChI is InChI=1S/C15H17NO3/c1-2-18-14-8-12(9-16-10-14)15(17)11-19-13-6-4-3-5-7-13/h3-10,15,17H,2,11H2,1H3. The second-order valence-corrected chi connectivity index (χ2v) is 4.03. The van der Waals surface area contributed by atoms with Gasteiger partial charge in [0.1, 0.15) is 24.2 Å². The Morgan fingerprint density at radius 2 is 1.89 bits per heavy atom. The third-order valence-corrected chi connectivity index (χ3v) is 2.58. The van der Waals surface area contributed by atoms with E-state index in [4.69, 9.17) is 9.47 Å². The summed E-state index contributed by atoms with van der Waals surface area (Å²) in [4.78, 5) is 4.04. The number of aromatic nitrogens is 1. The SMILES string of the molecule is CCOc1cncc(C(O)COc2ccccc2)c1. The van der Waals surface area contributed by atoms with E-state index in [0.29, 0.717) is 17.9 Å². The van der Waals surface area contributed by atoms with Crippen molar-refractivity contribution in [3.8, 4) is 11.5 Å². The maximum Gasteiger partial charge on any atom is 0.137 e. The first-order chi connectivity index (χ1) is 9.29. The molecule has 0 aliphatic heterocycles. The van der Waals surface area contributed by atoms with Crippen LogP contribution >= 0.6 is 0 Å². The fourth-order valence-electron chi connectivity index (χ4n) is 1.65. The van der Waals surface area contributed by atoms with Crippen molar-refractivity contribution in [2.75, 3.05) is 13.2 Å². The quantitative estimate of drug-likeness (QED) is 0.866. The van der Waals surface area contributed by atoms with Gasteiger partial charge in [0.15, 0.2) is 0 Å². The van der Waals surface area contributed by atoms with E-state index in [9.17, 15) is 5.11 Å². The van der Waals surface area contributed by atoms with Crippen molar-refractivity contribution in [1.82, 2.24) is 4.98 Å². The number of hydrogen-bond acceptors (Lipinski definition) is 4. The number of aliphatic hydroxyl groups is 1. The average Bonchev–Trinajstić information content (AvgIpc) is 2.46. The summed E-state index contributed by atoms with van der Waals surface area (Å²) in [6.07, 6.45) is 2.51. The Morgan fingerprint density at radius 1 is 1.11 bits per heavy atom. The van der Waals surface area contributed by atoms with Crippen LogP contribution in [0.5, 0.6) is 11.5 Å². The minimum Gasteiger partial charge on any atom is -0.492 e. The average molecular weight is 259 g/mol. The number of pyridine rings is 1. The smallest absolute Gasteiger partial charge is 0.137 e. The maximum absolute atomic E-state index is 10.1. The van der Waals surface area contributed by atoms with Crippen LogP contribution in [0.4, 0.5) is 0 Å². The van der Waals surface area contributed by atoms with E-state index in [1.165, 1.54) is 0 Å². The Labute approximate surface area is 112 Å². The van der Waals surface area contributed by atoms with E-state index in [1.54, 1.807) is 18.5 Å². The number of hydrogen-bond donors (Lipinski definition) is 1. The van der Waals surface area contributed by atoms with Crippen LogP contribution in [-0.2, 0) is 0 Å². The van der Waals surface area contributed by atoms with Crippen molar-refractivity contribution in [2.24, 2.45) is 0 Å². The highest BCUT2D eigenvalue weighted by atomic mass is 16.5. The van der Waals surface area contributed by atoms with Crippen LogP contribution in [0.1, 0.15) is 18.6 Å². The highest BCUT2D eigenvalue weighted by Gasteiger charge is 2.10. The molecular weight excluding hydrogens is 242 g/mol. The highest BCUT2D eigenvalue weighted by Crippen LogP contribution is 2.19. The van der Waals surface area contributed by atoms with Gasteiger partial charge in [-0.1, -0.05) is 18.2 Å². The van der Waals surface area contributed by atoms with Gasteiger partial charge in [-0.15, -0.1) is 0 Å². The molecule has 0 saturated heterocycles. The summed E-state index contributed by atoms with van der Waals surface area (Å²) in [6, 6.07) is 11.2. The first-order valence-corrected chi connectivity index (χ1v) is 6.23. The van der Waals surface area contributed by atoms with Crippen LogP contribution in [0, 0.1) is 0 Å². The number of rotatable bonds is 6. The zero-order valence-electron chi connectivity index (χ0n) is 10.8. The second-order valence-electron chi connectivity index (χ2n) is 4.03. The van der Waals surface area contributed by atoms with Gasteiger partial charge in [0.25, 0.3) is 0 Å². The van der Waals surface area contributed by atoms with E-state index < -0.39 is 6.10 Å². The lowest BCUT2D eigenvalue weighted by atomic mass is 10.2. The van der Waals surface area contributed by atoms with E-state index in [-0.39, 0.29) is 6.61 Å². The molecule has 1 aromatic heterocycles. The van der Waals surface area contributed by atoms with Gasteiger partial charge in [-0.2, -0.15) is 0 Å². The van der Waals surface area contributed by atoms with E-state index in [0.717, 1.165) is 5.75 Å². The third kappa shape index (κ3) is 3.96. The molecule has 0 fully saturated rings. The van der Waals surface area contributed by atoms with Gasteiger partial charge in [-0.05, 0) is 25.1 Å². The second kappa shape index (κ2) is 6.75. The van der Waals surface area contributed by atoms with Crippen molar-refractivity contribution >= 4 is 0 Å². The Hall–Kier alpha value is -2.07. The van der Waals surface area contributed by atoms with Gasteiger partial charge in [-0.25, -0.2) is 0 Å². The first kappa shape index (κ1) is 13.4. The lowest BCUT2D eigenvalue weighted by Crippen LogP contribution is -2.10. The molecule has 4 nitrogen and oxygen atoms in total. The van der Waals surface area contributed by atoms with Gasteiger partial charge in [0.05, 0.1) is 12.8 Å². The molecule has 4 heteroatoms. The fraction of sp³-hybridized carbons (Fsp3) is 0.267. The monoisotopic (exact) mass is 259 g/mol. The van der Waals surface area contributed by atoms with Crippen LogP contribution < -0.4 is 9.47 Å². The summed E-state index contributed by atoms with van der Waals surface area (Å²) in [5, 5.41) is 10.1. The van der Waals surface area contributed by atoms with Gasteiger partial charge in [0, 0.05) is 11.8 Å². The minimum absolute atomic E-state index is 0.182. The summed E-state index contributed by atoms with van der Waals surface area (Å²) >= 11 is 0. The summed E-state index contributed by atoms with van der Waals surface area (Å²) in [6.45, 7) is 2.66. The molecule has 2 rings (SSSR count). The molecule has 0 aliphatic rings. The van der Waals surface area contributed by atoms with Crippen LogP contribution in [0.3, 0.4) is 0 Å². The summed E-state index contributed by atoms with van der Waals surface area (Å²) < 4.78 is 10.8. The van der Waals surface area contributed by atoms with E-state index >= 15 is 0 Å². The third-order valence-electron chi connectivity index (χ3n) is 2.58. The summed E-state index contributed by atoms with van der Waals surface area (Å²) in [5.41, 5.74) is 0.682. The Kier molecular flexibility index (Phi) is 4.75. The zero-order chi connectivity index (χ0) is 13.5. The van der Waals surface area contributed by atoms with Crippen molar-refractivity contribution < 1.29 is 14.6 Å². The molecule has 1 N–H and O–H groups in total. The maximum atomic E-state index is 10.1. The number of ether oxygens (including phenoxy) is 2.